The highest BCUT2D eigenvalue weighted by molar-refractivity contribution is 7.79. The van der Waals surface area contributed by atoms with Gasteiger partial charge in [-0.15, -0.1) is 0 Å². The van der Waals surface area contributed by atoms with Crippen molar-refractivity contribution in [3.8, 4) is 0 Å². The lowest BCUT2D eigenvalue weighted by Gasteiger charge is -2.19. The summed E-state index contributed by atoms with van der Waals surface area (Å²) < 4.78 is 13.8. The van der Waals surface area contributed by atoms with E-state index in [1.165, 1.54) is 0 Å². The average molecular weight is 378 g/mol. The van der Waals surface area contributed by atoms with Crippen molar-refractivity contribution in [1.29, 1.82) is 0 Å². The second-order valence-electron chi connectivity index (χ2n) is 5.94. The van der Waals surface area contributed by atoms with Crippen LogP contribution in [0.3, 0.4) is 0 Å². The highest BCUT2D eigenvalue weighted by Crippen LogP contribution is 2.42. The molecule has 0 aromatic heterocycles. The van der Waals surface area contributed by atoms with Gasteiger partial charge in [0, 0.05) is 16.3 Å². The van der Waals surface area contributed by atoms with Gasteiger partial charge in [0.05, 0.1) is 6.16 Å². The van der Waals surface area contributed by atoms with Gasteiger partial charge >= 0.3 is 6.03 Å². The Morgan fingerprint density at radius 1 is 0.704 bits per heavy atom. The lowest BCUT2D eigenvalue weighted by molar-refractivity contribution is -0.117. The van der Waals surface area contributed by atoms with Crippen molar-refractivity contribution in [1.82, 2.24) is 5.32 Å². The van der Waals surface area contributed by atoms with Crippen LogP contribution >= 0.6 is 7.14 Å². The summed E-state index contributed by atoms with van der Waals surface area (Å²) in [4.78, 5) is 24.5. The number of carbonyl (C=O) groups excluding carboxylic acids is 2. The first kappa shape index (κ1) is 18.6. The highest BCUT2D eigenvalue weighted by atomic mass is 31.2. The normalized spacial score (nSPS) is 10.8. The van der Waals surface area contributed by atoms with E-state index in [4.69, 9.17) is 0 Å². The summed E-state index contributed by atoms with van der Waals surface area (Å²) in [6.45, 7) is 0. The summed E-state index contributed by atoms with van der Waals surface area (Å²) in [7, 11) is -3.21. The van der Waals surface area contributed by atoms with E-state index >= 15 is 0 Å². The third kappa shape index (κ3) is 4.72. The van der Waals surface area contributed by atoms with E-state index in [-0.39, 0.29) is 6.16 Å². The Morgan fingerprint density at radius 3 is 1.63 bits per heavy atom. The van der Waals surface area contributed by atoms with E-state index in [0.29, 0.717) is 16.3 Å². The monoisotopic (exact) mass is 378 g/mol. The molecule has 0 unspecified atom stereocenters. The first-order valence-electron chi connectivity index (χ1n) is 8.44. The van der Waals surface area contributed by atoms with Crippen LogP contribution in [-0.2, 0) is 9.36 Å². The fourth-order valence-electron chi connectivity index (χ4n) is 2.72. The quantitative estimate of drug-likeness (QED) is 0.669. The Morgan fingerprint density at radius 2 is 1.15 bits per heavy atom. The van der Waals surface area contributed by atoms with Gasteiger partial charge in [-0.2, -0.15) is 0 Å². The molecule has 0 aliphatic heterocycles. The molecule has 0 fully saturated rings. The Labute approximate surface area is 157 Å². The average Bonchev–Trinajstić information content (AvgIpc) is 2.69. The smallest absolute Gasteiger partial charge is 0.313 e. The number of anilines is 1. The minimum Gasteiger partial charge on any atom is -0.313 e. The fourth-order valence-corrected chi connectivity index (χ4v) is 5.18. The maximum atomic E-state index is 13.8. The molecule has 136 valence electrons. The first-order valence-corrected chi connectivity index (χ1v) is 10.3. The number of carbonyl (C=O) groups is 2. The number of amides is 3. The van der Waals surface area contributed by atoms with E-state index in [1.54, 1.807) is 72.8 Å². The van der Waals surface area contributed by atoms with Gasteiger partial charge in [0.15, 0.2) is 7.14 Å². The van der Waals surface area contributed by atoms with Crippen LogP contribution in [0.25, 0.3) is 0 Å². The molecule has 5 nitrogen and oxygen atoms in total. The maximum absolute atomic E-state index is 13.8. The second kappa shape index (κ2) is 8.47. The first-order chi connectivity index (χ1) is 13.1. The summed E-state index contributed by atoms with van der Waals surface area (Å²) in [5, 5.41) is 6.00. The summed E-state index contributed by atoms with van der Waals surface area (Å²) in [5.41, 5.74) is 0.567. The third-order valence-electron chi connectivity index (χ3n) is 4.00. The van der Waals surface area contributed by atoms with Gasteiger partial charge in [0.25, 0.3) is 0 Å². The van der Waals surface area contributed by atoms with Gasteiger partial charge < -0.3 is 9.88 Å². The Hall–Kier alpha value is -3.17. The zero-order valence-electron chi connectivity index (χ0n) is 14.5. The zero-order valence-corrected chi connectivity index (χ0v) is 15.4. The standard InChI is InChI=1S/C21H19N2O3P/c24-20(23-21(25)22-17-10-4-1-5-11-17)16-27(26,18-12-6-2-7-13-18)19-14-8-3-9-15-19/h1-15H,16H2,(H2,22,23,24,25). The third-order valence-corrected chi connectivity index (χ3v) is 6.99. The van der Waals surface area contributed by atoms with Crippen molar-refractivity contribution < 1.29 is 14.2 Å². The molecule has 0 heterocycles. The lowest BCUT2D eigenvalue weighted by atomic mass is 10.3. The van der Waals surface area contributed by atoms with Crippen LogP contribution in [0.15, 0.2) is 91.0 Å². The minimum absolute atomic E-state index is 0.288. The molecule has 0 aliphatic rings. The number of nitrogens with one attached hydrogen (secondary N) is 2. The molecule has 0 bridgehead atoms. The van der Waals surface area contributed by atoms with Gasteiger partial charge in [0.1, 0.15) is 0 Å². The number of rotatable bonds is 5. The van der Waals surface area contributed by atoms with Crippen LogP contribution in [0.1, 0.15) is 0 Å². The van der Waals surface area contributed by atoms with E-state index in [9.17, 15) is 14.2 Å². The number of hydrogen-bond donors (Lipinski definition) is 2. The molecule has 0 spiro atoms. The molecular weight excluding hydrogens is 359 g/mol. The van der Waals surface area contributed by atoms with Gasteiger partial charge in [-0.05, 0) is 12.1 Å². The molecule has 3 amide bonds. The molecule has 27 heavy (non-hydrogen) atoms. The molecular formula is C21H19N2O3P. The van der Waals surface area contributed by atoms with Crippen molar-refractivity contribution in [3.63, 3.8) is 0 Å². The molecule has 2 N–H and O–H groups in total. The number of para-hydroxylation sites is 1. The molecule has 3 aromatic rings. The largest absolute Gasteiger partial charge is 0.325 e. The van der Waals surface area contributed by atoms with E-state index in [1.807, 2.05) is 18.2 Å². The van der Waals surface area contributed by atoms with Crippen LogP contribution in [0.5, 0.6) is 0 Å². The van der Waals surface area contributed by atoms with Gasteiger partial charge in [-0.3, -0.25) is 10.1 Å². The fraction of sp³-hybridized carbons (Fsp3) is 0.0476. The highest BCUT2D eigenvalue weighted by Gasteiger charge is 2.30. The SMILES string of the molecule is O=C(CP(=O)(c1ccccc1)c1ccccc1)NC(=O)Nc1ccccc1. The van der Waals surface area contributed by atoms with Crippen molar-refractivity contribution in [3.05, 3.63) is 91.0 Å². The van der Waals surface area contributed by atoms with E-state index in [2.05, 4.69) is 10.6 Å². The van der Waals surface area contributed by atoms with Crippen molar-refractivity contribution >= 4 is 35.4 Å². The number of benzene rings is 3. The number of hydrogen-bond acceptors (Lipinski definition) is 3. The predicted molar refractivity (Wildman–Crippen MR) is 108 cm³/mol. The van der Waals surface area contributed by atoms with E-state index in [0.717, 1.165) is 0 Å². The molecule has 0 radical (unpaired) electrons. The van der Waals surface area contributed by atoms with Crippen molar-refractivity contribution in [2.24, 2.45) is 0 Å². The Bertz CT molecular complexity index is 917. The summed E-state index contributed by atoms with van der Waals surface area (Å²) in [5.74, 6) is -0.598. The van der Waals surface area contributed by atoms with Crippen molar-refractivity contribution in [2.75, 3.05) is 11.5 Å². The van der Waals surface area contributed by atoms with Crippen LogP contribution in [-0.4, -0.2) is 18.1 Å². The minimum atomic E-state index is -3.21. The van der Waals surface area contributed by atoms with Crippen LogP contribution in [0, 0.1) is 0 Å². The Kier molecular flexibility index (Phi) is 5.84. The second-order valence-corrected chi connectivity index (χ2v) is 8.77. The van der Waals surface area contributed by atoms with Crippen molar-refractivity contribution in [2.45, 2.75) is 0 Å². The van der Waals surface area contributed by atoms with Crippen LogP contribution in [0.2, 0.25) is 0 Å². The van der Waals surface area contributed by atoms with E-state index < -0.39 is 19.1 Å². The molecule has 0 atom stereocenters. The summed E-state index contributed by atoms with van der Waals surface area (Å²) >= 11 is 0. The van der Waals surface area contributed by atoms with Crippen LogP contribution in [0.4, 0.5) is 10.5 Å². The topological polar surface area (TPSA) is 75.3 Å². The molecule has 3 aromatic carbocycles. The molecule has 6 heteroatoms. The lowest BCUT2D eigenvalue weighted by Crippen LogP contribution is -2.38. The van der Waals surface area contributed by atoms with Gasteiger partial charge in [-0.1, -0.05) is 78.9 Å². The number of imide groups is 1. The van der Waals surface area contributed by atoms with Gasteiger partial charge in [0.2, 0.25) is 5.91 Å². The molecule has 3 rings (SSSR count). The summed E-state index contributed by atoms with van der Waals surface area (Å²) in [6, 6.07) is 25.9. The summed E-state index contributed by atoms with van der Waals surface area (Å²) in [6.07, 6.45) is -0.288. The Balaban J connectivity index is 1.77. The molecule has 0 saturated heterocycles. The zero-order chi connectivity index (χ0) is 19.1. The molecule has 0 saturated carbocycles. The van der Waals surface area contributed by atoms with Crippen LogP contribution < -0.4 is 21.2 Å². The number of urea groups is 1. The molecule has 0 aliphatic carbocycles. The van der Waals surface area contributed by atoms with Gasteiger partial charge in [-0.25, -0.2) is 4.79 Å². The maximum Gasteiger partial charge on any atom is 0.325 e. The predicted octanol–water partition coefficient (Wildman–Crippen LogP) is 3.35.